The second-order valence-corrected chi connectivity index (χ2v) is 9.57. The van der Waals surface area contributed by atoms with Crippen molar-refractivity contribution in [2.24, 2.45) is 0 Å². The summed E-state index contributed by atoms with van der Waals surface area (Å²) >= 11 is 3.43. The van der Waals surface area contributed by atoms with Crippen LogP contribution in [0.5, 0.6) is 23.0 Å². The number of carboxylic acid groups (broad SMARTS) is 1. The van der Waals surface area contributed by atoms with Crippen LogP contribution >= 0.6 is 15.9 Å². The highest BCUT2D eigenvalue weighted by molar-refractivity contribution is 9.09. The number of ether oxygens (including phenoxy) is 4. The van der Waals surface area contributed by atoms with E-state index in [9.17, 15) is 14.7 Å². The molecule has 0 fully saturated rings. The SMILES string of the molecule is COc1cc2c(cc1OC)[C@@H](C(=O)O)[C@@H](c1ccc(OCc3ccccc3)c(OC)c1)N(CCCBr)C2=O. The van der Waals surface area contributed by atoms with E-state index in [-0.39, 0.29) is 11.5 Å². The minimum Gasteiger partial charge on any atom is -0.493 e. The fourth-order valence-electron chi connectivity index (χ4n) is 4.80. The third-order valence-electron chi connectivity index (χ3n) is 6.60. The number of nitrogens with zero attached hydrogens (tertiary/aromatic N) is 1. The summed E-state index contributed by atoms with van der Waals surface area (Å²) in [5.41, 5.74) is 2.30. The lowest BCUT2D eigenvalue weighted by Gasteiger charge is -2.41. The Morgan fingerprint density at radius 2 is 1.58 bits per heavy atom. The molecule has 0 unspecified atom stereocenters. The van der Waals surface area contributed by atoms with Crippen LogP contribution in [0, 0.1) is 0 Å². The molecule has 1 aliphatic heterocycles. The lowest BCUT2D eigenvalue weighted by molar-refractivity contribution is -0.140. The van der Waals surface area contributed by atoms with Gasteiger partial charge in [-0.05, 0) is 47.4 Å². The number of hydrogen-bond donors (Lipinski definition) is 1. The standard InChI is InChI=1S/C29H30BrNO7/c1-35-23-14-19(10-11-22(23)38-17-18-8-5-4-6-9-18)27-26(29(33)34)20-15-24(36-2)25(37-3)16-21(20)28(32)31(27)13-7-12-30/h4-6,8-11,14-16,26-27H,7,12-13,17H2,1-3H3,(H,33,34)/t26-,27-/m1/s1. The molecule has 0 saturated carbocycles. The van der Waals surface area contributed by atoms with Crippen molar-refractivity contribution in [1.29, 1.82) is 0 Å². The van der Waals surface area contributed by atoms with E-state index < -0.39 is 17.9 Å². The molecule has 0 saturated heterocycles. The Kier molecular flexibility index (Phi) is 8.78. The van der Waals surface area contributed by atoms with Crippen molar-refractivity contribution < 1.29 is 33.6 Å². The zero-order chi connectivity index (χ0) is 27.2. The van der Waals surface area contributed by atoms with Gasteiger partial charge in [0.25, 0.3) is 5.91 Å². The highest BCUT2D eigenvalue weighted by Gasteiger charge is 2.45. The second kappa shape index (κ2) is 12.2. The zero-order valence-electron chi connectivity index (χ0n) is 21.5. The Morgan fingerprint density at radius 1 is 0.921 bits per heavy atom. The van der Waals surface area contributed by atoms with Crippen LogP contribution in [0.1, 0.15) is 45.4 Å². The Hall–Kier alpha value is -3.72. The molecule has 1 heterocycles. The molecule has 0 radical (unpaired) electrons. The number of aliphatic carboxylic acids is 1. The number of carbonyl (C=O) groups excluding carboxylic acids is 1. The number of hydrogen-bond acceptors (Lipinski definition) is 6. The normalized spacial score (nSPS) is 16.5. The summed E-state index contributed by atoms with van der Waals surface area (Å²) in [4.78, 5) is 28.2. The number of fused-ring (bicyclic) bond motifs is 1. The van der Waals surface area contributed by atoms with Gasteiger partial charge < -0.3 is 29.0 Å². The summed E-state index contributed by atoms with van der Waals surface area (Å²) in [7, 11) is 4.49. The van der Waals surface area contributed by atoms with Gasteiger partial charge >= 0.3 is 5.97 Å². The lowest BCUT2D eigenvalue weighted by atomic mass is 9.79. The maximum absolute atomic E-state index is 13.8. The Labute approximate surface area is 230 Å². The van der Waals surface area contributed by atoms with Gasteiger partial charge in [-0.3, -0.25) is 9.59 Å². The highest BCUT2D eigenvalue weighted by atomic mass is 79.9. The zero-order valence-corrected chi connectivity index (χ0v) is 23.1. The van der Waals surface area contributed by atoms with E-state index in [4.69, 9.17) is 18.9 Å². The van der Waals surface area contributed by atoms with Crippen LogP contribution in [-0.2, 0) is 11.4 Å². The predicted molar refractivity (Wildman–Crippen MR) is 146 cm³/mol. The number of rotatable bonds is 11. The van der Waals surface area contributed by atoms with Crippen LogP contribution in [0.4, 0.5) is 0 Å². The van der Waals surface area contributed by atoms with Crippen molar-refractivity contribution in [2.45, 2.75) is 25.0 Å². The number of carboxylic acids is 1. The first-order valence-electron chi connectivity index (χ1n) is 12.1. The molecular weight excluding hydrogens is 554 g/mol. The van der Waals surface area contributed by atoms with Crippen molar-refractivity contribution in [3.8, 4) is 23.0 Å². The van der Waals surface area contributed by atoms with E-state index in [0.29, 0.717) is 59.0 Å². The summed E-state index contributed by atoms with van der Waals surface area (Å²) in [6.07, 6.45) is 0.645. The van der Waals surface area contributed by atoms with Crippen LogP contribution in [0.3, 0.4) is 0 Å². The van der Waals surface area contributed by atoms with Crippen LogP contribution in [0.15, 0.2) is 60.7 Å². The second-order valence-electron chi connectivity index (χ2n) is 8.78. The van der Waals surface area contributed by atoms with Crippen LogP contribution in [-0.4, -0.2) is 55.1 Å². The molecule has 9 heteroatoms. The number of methoxy groups -OCH3 is 3. The molecule has 1 N–H and O–H groups in total. The summed E-state index contributed by atoms with van der Waals surface area (Å²) in [5, 5.41) is 11.1. The molecule has 3 aromatic rings. The third kappa shape index (κ3) is 5.43. The van der Waals surface area contributed by atoms with E-state index in [2.05, 4.69) is 15.9 Å². The summed E-state index contributed by atoms with van der Waals surface area (Å²) in [6.45, 7) is 0.712. The first kappa shape index (κ1) is 27.3. The molecule has 0 bridgehead atoms. The largest absolute Gasteiger partial charge is 0.493 e. The molecule has 0 spiro atoms. The van der Waals surface area contributed by atoms with Gasteiger partial charge in [-0.25, -0.2) is 0 Å². The number of benzene rings is 3. The fourth-order valence-corrected chi connectivity index (χ4v) is 5.05. The smallest absolute Gasteiger partial charge is 0.313 e. The molecule has 1 amide bonds. The fraction of sp³-hybridized carbons (Fsp3) is 0.310. The van der Waals surface area contributed by atoms with Crippen molar-refractivity contribution in [2.75, 3.05) is 33.2 Å². The van der Waals surface area contributed by atoms with E-state index in [0.717, 1.165) is 5.56 Å². The van der Waals surface area contributed by atoms with Crippen molar-refractivity contribution >= 4 is 27.8 Å². The monoisotopic (exact) mass is 583 g/mol. The predicted octanol–water partition coefficient (Wildman–Crippen LogP) is 5.44. The topological polar surface area (TPSA) is 94.5 Å². The van der Waals surface area contributed by atoms with E-state index >= 15 is 0 Å². The summed E-state index contributed by atoms with van der Waals surface area (Å²) < 4.78 is 22.4. The van der Waals surface area contributed by atoms with E-state index in [1.807, 2.05) is 30.3 Å². The number of carbonyl (C=O) groups is 2. The van der Waals surface area contributed by atoms with Crippen molar-refractivity contribution in [1.82, 2.24) is 4.90 Å². The molecule has 8 nitrogen and oxygen atoms in total. The number of alkyl halides is 1. The maximum atomic E-state index is 13.8. The van der Waals surface area contributed by atoms with Crippen LogP contribution < -0.4 is 18.9 Å². The molecule has 200 valence electrons. The van der Waals surface area contributed by atoms with Gasteiger partial charge in [0.1, 0.15) is 12.5 Å². The molecule has 2 atom stereocenters. The first-order chi connectivity index (χ1) is 18.4. The van der Waals surface area contributed by atoms with Gasteiger partial charge in [0.2, 0.25) is 0 Å². The molecular formula is C29H30BrNO7. The van der Waals surface area contributed by atoms with E-state index in [1.54, 1.807) is 35.2 Å². The lowest BCUT2D eigenvalue weighted by Crippen LogP contribution is -2.45. The average molecular weight is 584 g/mol. The molecule has 0 aliphatic carbocycles. The molecule has 1 aliphatic rings. The van der Waals surface area contributed by atoms with Crippen LogP contribution in [0.25, 0.3) is 0 Å². The van der Waals surface area contributed by atoms with Crippen molar-refractivity contribution in [3.05, 3.63) is 82.9 Å². The summed E-state index contributed by atoms with van der Waals surface area (Å²) in [5.74, 6) is -0.666. The van der Waals surface area contributed by atoms with Crippen molar-refractivity contribution in [3.63, 3.8) is 0 Å². The van der Waals surface area contributed by atoms with E-state index in [1.165, 1.54) is 21.3 Å². The Morgan fingerprint density at radius 3 is 2.21 bits per heavy atom. The van der Waals surface area contributed by atoms with Gasteiger partial charge in [0.05, 0.1) is 27.4 Å². The summed E-state index contributed by atoms with van der Waals surface area (Å²) in [6, 6.07) is 17.4. The molecule has 0 aromatic heterocycles. The average Bonchev–Trinajstić information content (AvgIpc) is 2.94. The van der Waals surface area contributed by atoms with Gasteiger partial charge in [-0.1, -0.05) is 52.3 Å². The maximum Gasteiger partial charge on any atom is 0.313 e. The molecule has 4 rings (SSSR count). The minimum absolute atomic E-state index is 0.271. The number of halogens is 1. The highest BCUT2D eigenvalue weighted by Crippen LogP contribution is 2.47. The minimum atomic E-state index is -1.05. The Balaban J connectivity index is 1.79. The molecule has 38 heavy (non-hydrogen) atoms. The van der Waals surface area contributed by atoms with Crippen LogP contribution in [0.2, 0.25) is 0 Å². The number of amides is 1. The van der Waals surface area contributed by atoms with Gasteiger partial charge in [-0.15, -0.1) is 0 Å². The first-order valence-corrected chi connectivity index (χ1v) is 13.3. The van der Waals surface area contributed by atoms with Gasteiger partial charge in [0.15, 0.2) is 23.0 Å². The molecule has 3 aromatic carbocycles. The quantitative estimate of drug-likeness (QED) is 0.300. The van der Waals surface area contributed by atoms with Gasteiger partial charge in [-0.2, -0.15) is 0 Å². The van der Waals surface area contributed by atoms with Gasteiger partial charge in [0, 0.05) is 17.4 Å². The Bertz CT molecular complexity index is 1300. The third-order valence-corrected chi connectivity index (χ3v) is 7.16.